The molecule has 2 rings (SSSR count). The molecular weight excluding hydrogens is 380 g/mol. The maximum absolute atomic E-state index is 4.36. The molecule has 166 valence electrons. The molecule has 0 aliphatic carbocycles. The summed E-state index contributed by atoms with van der Waals surface area (Å²) in [6.07, 6.45) is 13.4. The molecule has 0 aliphatic rings. The summed E-state index contributed by atoms with van der Waals surface area (Å²) in [5.41, 5.74) is 6.21. The van der Waals surface area contributed by atoms with Gasteiger partial charge < -0.3 is 10.6 Å². The predicted molar refractivity (Wildman–Crippen MR) is 136 cm³/mol. The summed E-state index contributed by atoms with van der Waals surface area (Å²) in [6, 6.07) is 10.7. The highest BCUT2D eigenvalue weighted by atomic mass is 14.9. The fraction of sp³-hybridized carbons (Fsp3) is 0.333. The molecule has 0 radical (unpaired) electrons. The maximum atomic E-state index is 4.36. The first-order chi connectivity index (χ1) is 15.1. The van der Waals surface area contributed by atoms with Gasteiger partial charge in [0.2, 0.25) is 0 Å². The Hall–Kier alpha value is -2.82. The number of aryl methyl sites for hydroxylation is 2. The smallest absolute Gasteiger partial charge is 0.0544 e. The largest absolute Gasteiger partial charge is 0.313 e. The van der Waals surface area contributed by atoms with Crippen LogP contribution >= 0.6 is 0 Å². The summed E-state index contributed by atoms with van der Waals surface area (Å²) >= 11 is 0. The monoisotopic (exact) mass is 418 g/mol. The molecule has 0 unspecified atom stereocenters. The molecule has 2 aromatic rings. The number of benzene rings is 1. The molecule has 0 saturated heterocycles. The van der Waals surface area contributed by atoms with E-state index in [1.54, 1.807) is 6.20 Å². The van der Waals surface area contributed by atoms with Gasteiger partial charge in [-0.05, 0) is 93.9 Å². The molecular formula is C27H38N4. The van der Waals surface area contributed by atoms with Crippen LogP contribution in [0.4, 0.5) is 0 Å². The summed E-state index contributed by atoms with van der Waals surface area (Å²) in [5.74, 6) is 0. The van der Waals surface area contributed by atoms with Crippen molar-refractivity contribution in [1.29, 1.82) is 0 Å². The van der Waals surface area contributed by atoms with E-state index in [2.05, 4.69) is 72.0 Å². The number of allylic oxidation sites excluding steroid dienone is 3. The second kappa shape index (κ2) is 16.9. The molecule has 1 heterocycles. The minimum absolute atomic E-state index is 0.850. The van der Waals surface area contributed by atoms with Gasteiger partial charge in [0, 0.05) is 25.5 Å². The minimum atomic E-state index is 0.850. The molecule has 0 fully saturated rings. The molecule has 0 aliphatic heterocycles. The van der Waals surface area contributed by atoms with Gasteiger partial charge >= 0.3 is 0 Å². The maximum Gasteiger partial charge on any atom is 0.0544 e. The number of nitrogens with zero attached hydrogens (tertiary/aromatic N) is 2. The first kappa shape index (κ1) is 26.2. The summed E-state index contributed by atoms with van der Waals surface area (Å²) in [6.45, 7) is 17.1. The Labute approximate surface area is 188 Å². The van der Waals surface area contributed by atoms with Crippen LogP contribution < -0.4 is 10.6 Å². The van der Waals surface area contributed by atoms with Gasteiger partial charge in [-0.25, -0.2) is 0 Å². The number of pyridine rings is 1. The Morgan fingerprint density at radius 2 is 1.74 bits per heavy atom. The van der Waals surface area contributed by atoms with Crippen LogP contribution in [0.5, 0.6) is 0 Å². The van der Waals surface area contributed by atoms with Gasteiger partial charge in [0.15, 0.2) is 0 Å². The van der Waals surface area contributed by atoms with E-state index in [1.807, 2.05) is 43.5 Å². The standard InChI is InChI=1S/C21H29N3.C6H9N/c1-4-20-14-19(8-7-18(20)3)15-22-10-5-6-11-23-16-21-13-17(2)9-12-24-21;1-3-4-5-6-7-2/h4,7-9,12-14,22-23H,1,5-6,10-11,15-16H2,2-3H3;3-6H,2H2,1H3/b;4-3-,6-5-. The Morgan fingerprint density at radius 1 is 1.00 bits per heavy atom. The Bertz CT molecular complexity index is 837. The lowest BCUT2D eigenvalue weighted by molar-refractivity contribution is 0.579. The minimum Gasteiger partial charge on any atom is -0.313 e. The van der Waals surface area contributed by atoms with E-state index in [9.17, 15) is 0 Å². The zero-order valence-electron chi connectivity index (χ0n) is 19.4. The van der Waals surface area contributed by atoms with E-state index in [0.29, 0.717) is 0 Å². The number of unbranched alkanes of at least 4 members (excludes halogenated alkanes) is 1. The zero-order chi connectivity index (χ0) is 22.7. The third kappa shape index (κ3) is 12.5. The summed E-state index contributed by atoms with van der Waals surface area (Å²) in [4.78, 5) is 7.85. The molecule has 4 nitrogen and oxygen atoms in total. The van der Waals surface area contributed by atoms with Crippen LogP contribution in [0.2, 0.25) is 0 Å². The average Bonchev–Trinajstić information content (AvgIpc) is 2.77. The SMILES string of the molecule is C=Cc1cc(CNCCCCNCc2cc(C)ccn2)ccc1C.C=N/C=C\C=C/C. The molecule has 0 atom stereocenters. The first-order valence-electron chi connectivity index (χ1n) is 10.9. The lowest BCUT2D eigenvalue weighted by atomic mass is 10.1. The van der Waals surface area contributed by atoms with E-state index in [1.165, 1.54) is 35.1 Å². The third-order valence-corrected chi connectivity index (χ3v) is 4.62. The molecule has 0 saturated carbocycles. The molecule has 2 N–H and O–H groups in total. The van der Waals surface area contributed by atoms with Crippen molar-refractivity contribution in [3.63, 3.8) is 0 Å². The molecule has 0 bridgehead atoms. The highest BCUT2D eigenvalue weighted by Crippen LogP contribution is 2.12. The lowest BCUT2D eigenvalue weighted by Gasteiger charge is -2.08. The quantitative estimate of drug-likeness (QED) is 0.261. The zero-order valence-corrected chi connectivity index (χ0v) is 19.4. The summed E-state index contributed by atoms with van der Waals surface area (Å²) < 4.78 is 0. The van der Waals surface area contributed by atoms with Crippen molar-refractivity contribution in [2.75, 3.05) is 13.1 Å². The van der Waals surface area contributed by atoms with Crippen molar-refractivity contribution in [1.82, 2.24) is 15.6 Å². The molecule has 1 aromatic heterocycles. The van der Waals surface area contributed by atoms with Gasteiger partial charge in [0.1, 0.15) is 0 Å². The fourth-order valence-electron chi connectivity index (χ4n) is 2.89. The molecule has 1 aromatic carbocycles. The predicted octanol–water partition coefficient (Wildman–Crippen LogP) is 5.78. The molecule has 0 amide bonds. The van der Waals surface area contributed by atoms with Gasteiger partial charge in [0.25, 0.3) is 0 Å². The number of aromatic nitrogens is 1. The number of nitrogens with one attached hydrogen (secondary N) is 2. The lowest BCUT2D eigenvalue weighted by Crippen LogP contribution is -2.19. The number of hydrogen-bond acceptors (Lipinski definition) is 4. The normalized spacial score (nSPS) is 10.8. The van der Waals surface area contributed by atoms with Crippen molar-refractivity contribution < 1.29 is 0 Å². The first-order valence-corrected chi connectivity index (χ1v) is 10.9. The van der Waals surface area contributed by atoms with Gasteiger partial charge in [-0.2, -0.15) is 0 Å². The van der Waals surface area contributed by atoms with E-state index >= 15 is 0 Å². The van der Waals surface area contributed by atoms with Crippen LogP contribution in [0.3, 0.4) is 0 Å². The van der Waals surface area contributed by atoms with Crippen LogP contribution in [0, 0.1) is 13.8 Å². The number of hydrogen-bond donors (Lipinski definition) is 2. The molecule has 4 heteroatoms. The van der Waals surface area contributed by atoms with Crippen molar-refractivity contribution in [3.8, 4) is 0 Å². The third-order valence-electron chi connectivity index (χ3n) is 4.62. The van der Waals surface area contributed by atoms with Gasteiger partial charge in [0.05, 0.1) is 5.69 Å². The van der Waals surface area contributed by atoms with Crippen molar-refractivity contribution in [3.05, 3.63) is 95.5 Å². The van der Waals surface area contributed by atoms with Crippen molar-refractivity contribution in [2.45, 2.75) is 46.7 Å². The van der Waals surface area contributed by atoms with Gasteiger partial charge in [-0.15, -0.1) is 0 Å². The van der Waals surface area contributed by atoms with Crippen LogP contribution in [-0.4, -0.2) is 24.8 Å². The number of rotatable bonds is 12. The van der Waals surface area contributed by atoms with Crippen LogP contribution in [0.15, 0.2) is 72.5 Å². The topological polar surface area (TPSA) is 49.3 Å². The van der Waals surface area contributed by atoms with Gasteiger partial charge in [-0.3, -0.25) is 9.98 Å². The van der Waals surface area contributed by atoms with Crippen molar-refractivity contribution in [2.24, 2.45) is 4.99 Å². The molecule has 0 spiro atoms. The Kier molecular flexibility index (Phi) is 14.3. The second-order valence-corrected chi connectivity index (χ2v) is 7.33. The molecule has 31 heavy (non-hydrogen) atoms. The second-order valence-electron chi connectivity index (χ2n) is 7.33. The highest BCUT2D eigenvalue weighted by molar-refractivity contribution is 5.52. The average molecular weight is 419 g/mol. The van der Waals surface area contributed by atoms with Crippen LogP contribution in [0.25, 0.3) is 6.08 Å². The summed E-state index contributed by atoms with van der Waals surface area (Å²) in [5, 5.41) is 6.97. The highest BCUT2D eigenvalue weighted by Gasteiger charge is 1.98. The Balaban J connectivity index is 0.000000592. The van der Waals surface area contributed by atoms with Gasteiger partial charge in [-0.1, -0.05) is 43.0 Å². The fourth-order valence-corrected chi connectivity index (χ4v) is 2.89. The Morgan fingerprint density at radius 3 is 2.39 bits per heavy atom. The summed E-state index contributed by atoms with van der Waals surface area (Å²) in [7, 11) is 0. The van der Waals surface area contributed by atoms with E-state index in [0.717, 1.165) is 31.9 Å². The van der Waals surface area contributed by atoms with Crippen molar-refractivity contribution >= 4 is 12.8 Å². The van der Waals surface area contributed by atoms with E-state index < -0.39 is 0 Å². The van der Waals surface area contributed by atoms with Crippen LogP contribution in [-0.2, 0) is 13.1 Å². The van der Waals surface area contributed by atoms with E-state index in [4.69, 9.17) is 0 Å². The number of aliphatic imine (C=N–C) groups is 1. The van der Waals surface area contributed by atoms with Crippen LogP contribution in [0.1, 0.15) is 47.7 Å². The van der Waals surface area contributed by atoms with E-state index in [-0.39, 0.29) is 0 Å².